The Morgan fingerprint density at radius 1 is 0.844 bits per heavy atom. The summed E-state index contributed by atoms with van der Waals surface area (Å²) in [7, 11) is 0. The third-order valence-corrected chi connectivity index (χ3v) is 6.72. The molecule has 2 atom stereocenters. The number of rotatable bonds is 5. The second-order valence-electron chi connectivity index (χ2n) is 8.56. The Hall–Kier alpha value is -3.60. The highest BCUT2D eigenvalue weighted by atomic mass is 16.4. The third-order valence-electron chi connectivity index (χ3n) is 6.72. The molecule has 0 radical (unpaired) electrons. The molecular weight excluding hydrogens is 400 g/mol. The van der Waals surface area contributed by atoms with Gasteiger partial charge in [0.25, 0.3) is 0 Å². The number of para-hydroxylation sites is 1. The molecule has 2 aliphatic heterocycles. The van der Waals surface area contributed by atoms with Gasteiger partial charge < -0.3 is 14.9 Å². The molecule has 1 N–H and O–H groups in total. The molecule has 0 unspecified atom stereocenters. The summed E-state index contributed by atoms with van der Waals surface area (Å²) >= 11 is 0. The van der Waals surface area contributed by atoms with Crippen LogP contribution in [0, 0.1) is 0 Å². The monoisotopic (exact) mass is 426 g/mol. The van der Waals surface area contributed by atoms with Crippen LogP contribution >= 0.6 is 0 Å². The van der Waals surface area contributed by atoms with Crippen molar-refractivity contribution in [3.05, 3.63) is 102 Å². The van der Waals surface area contributed by atoms with Crippen LogP contribution in [0.15, 0.2) is 84.9 Å². The van der Waals surface area contributed by atoms with Crippen molar-refractivity contribution in [2.24, 2.45) is 0 Å². The molecule has 32 heavy (non-hydrogen) atoms. The van der Waals surface area contributed by atoms with Crippen LogP contribution in [0.5, 0.6) is 0 Å². The van der Waals surface area contributed by atoms with E-state index < -0.39 is 17.9 Å². The van der Waals surface area contributed by atoms with E-state index in [-0.39, 0.29) is 11.9 Å². The molecule has 0 saturated carbocycles. The molecule has 2 heterocycles. The molecule has 0 aliphatic carbocycles. The lowest BCUT2D eigenvalue weighted by molar-refractivity contribution is -0.148. The minimum atomic E-state index is -0.937. The fraction of sp³-hybridized carbons (Fsp3) is 0.259. The van der Waals surface area contributed by atoms with E-state index in [1.54, 1.807) is 4.90 Å². The molecule has 162 valence electrons. The first-order chi connectivity index (χ1) is 15.6. The molecule has 3 aromatic carbocycles. The van der Waals surface area contributed by atoms with Crippen LogP contribution in [-0.2, 0) is 16.0 Å². The zero-order valence-corrected chi connectivity index (χ0v) is 17.8. The van der Waals surface area contributed by atoms with Crippen LogP contribution < -0.4 is 4.90 Å². The molecule has 5 rings (SSSR count). The lowest BCUT2D eigenvalue weighted by Gasteiger charge is -2.29. The van der Waals surface area contributed by atoms with E-state index in [0.717, 1.165) is 24.1 Å². The molecular formula is C27H26N2O3. The summed E-state index contributed by atoms with van der Waals surface area (Å²) in [5.74, 6) is -1.61. The van der Waals surface area contributed by atoms with Crippen LogP contribution in [0.4, 0.5) is 5.69 Å². The Labute approximate surface area is 187 Å². The molecule has 0 spiro atoms. The van der Waals surface area contributed by atoms with Gasteiger partial charge in [0.1, 0.15) is 6.04 Å². The van der Waals surface area contributed by atoms with Gasteiger partial charge in [0.15, 0.2) is 0 Å². The number of amides is 1. The quantitative estimate of drug-likeness (QED) is 0.672. The van der Waals surface area contributed by atoms with E-state index in [1.165, 1.54) is 11.3 Å². The maximum atomic E-state index is 13.9. The Morgan fingerprint density at radius 2 is 1.44 bits per heavy atom. The van der Waals surface area contributed by atoms with Crippen molar-refractivity contribution in [2.45, 2.75) is 30.8 Å². The highest BCUT2D eigenvalue weighted by Gasteiger charge is 2.45. The van der Waals surface area contributed by atoms with Crippen molar-refractivity contribution in [1.29, 1.82) is 0 Å². The SMILES string of the molecule is O=C(O)[C@@H]1C[C@H](N2CCc3ccccc32)CN1C(=O)C(c1ccccc1)c1ccccc1. The molecule has 1 saturated heterocycles. The Morgan fingerprint density at radius 3 is 2.06 bits per heavy atom. The standard InChI is InChI=1S/C27H26N2O3/c30-26(25(20-10-3-1-4-11-20)21-12-5-2-6-13-21)29-18-22(17-24(29)27(31)32)28-16-15-19-9-7-8-14-23(19)28/h1-14,22,24-25H,15-18H2,(H,31,32)/t22-,24-/m0/s1. The molecule has 1 fully saturated rings. The number of fused-ring (bicyclic) bond motifs is 1. The van der Waals surface area contributed by atoms with E-state index >= 15 is 0 Å². The number of carboxylic acid groups (broad SMARTS) is 1. The van der Waals surface area contributed by atoms with Crippen LogP contribution in [-0.4, -0.2) is 47.1 Å². The van der Waals surface area contributed by atoms with E-state index in [4.69, 9.17) is 0 Å². The average Bonchev–Trinajstić information content (AvgIpc) is 3.45. The average molecular weight is 427 g/mol. The van der Waals surface area contributed by atoms with Crippen LogP contribution in [0.1, 0.15) is 29.0 Å². The first-order valence-corrected chi connectivity index (χ1v) is 11.1. The highest BCUT2D eigenvalue weighted by Crippen LogP contribution is 2.36. The summed E-state index contributed by atoms with van der Waals surface area (Å²) in [4.78, 5) is 30.0. The predicted molar refractivity (Wildman–Crippen MR) is 124 cm³/mol. The Kier molecular flexibility index (Phi) is 5.39. The van der Waals surface area contributed by atoms with E-state index in [0.29, 0.717) is 13.0 Å². The van der Waals surface area contributed by atoms with E-state index in [1.807, 2.05) is 72.8 Å². The maximum Gasteiger partial charge on any atom is 0.326 e. The number of likely N-dealkylation sites (tertiary alicyclic amines) is 1. The molecule has 0 bridgehead atoms. The highest BCUT2D eigenvalue weighted by molar-refractivity contribution is 5.91. The molecule has 3 aromatic rings. The minimum Gasteiger partial charge on any atom is -0.480 e. The van der Waals surface area contributed by atoms with Crippen molar-refractivity contribution < 1.29 is 14.7 Å². The zero-order valence-electron chi connectivity index (χ0n) is 17.8. The van der Waals surface area contributed by atoms with Crippen molar-refractivity contribution in [3.63, 3.8) is 0 Å². The molecule has 0 aromatic heterocycles. The molecule has 1 amide bonds. The summed E-state index contributed by atoms with van der Waals surface area (Å²) in [6.07, 6.45) is 1.39. The fourth-order valence-corrected chi connectivity index (χ4v) is 5.19. The Bertz CT molecular complexity index is 1080. The number of aliphatic carboxylic acids is 1. The van der Waals surface area contributed by atoms with Gasteiger partial charge >= 0.3 is 5.97 Å². The lowest BCUT2D eigenvalue weighted by atomic mass is 9.90. The fourth-order valence-electron chi connectivity index (χ4n) is 5.19. The first-order valence-electron chi connectivity index (χ1n) is 11.1. The second kappa shape index (κ2) is 8.50. The van der Waals surface area contributed by atoms with Gasteiger partial charge in [-0.15, -0.1) is 0 Å². The summed E-state index contributed by atoms with van der Waals surface area (Å²) < 4.78 is 0. The summed E-state index contributed by atoms with van der Waals surface area (Å²) in [5.41, 5.74) is 4.21. The second-order valence-corrected chi connectivity index (χ2v) is 8.56. The first kappa shape index (κ1) is 20.3. The predicted octanol–water partition coefficient (Wildman–Crippen LogP) is 3.94. The normalized spacial score (nSPS) is 19.9. The number of anilines is 1. The Balaban J connectivity index is 1.47. The number of hydrogen-bond donors (Lipinski definition) is 1. The zero-order chi connectivity index (χ0) is 22.1. The van der Waals surface area contributed by atoms with Gasteiger partial charge in [-0.3, -0.25) is 4.79 Å². The van der Waals surface area contributed by atoms with Gasteiger partial charge in [0, 0.05) is 31.2 Å². The number of benzene rings is 3. The van der Waals surface area contributed by atoms with Crippen molar-refractivity contribution in [2.75, 3.05) is 18.0 Å². The minimum absolute atomic E-state index is 0.00380. The number of carboxylic acids is 1. The third kappa shape index (κ3) is 3.64. The molecule has 5 heteroatoms. The number of carbonyl (C=O) groups is 2. The van der Waals surface area contributed by atoms with Gasteiger partial charge in [0.05, 0.1) is 5.92 Å². The van der Waals surface area contributed by atoms with Gasteiger partial charge in [-0.05, 0) is 29.2 Å². The van der Waals surface area contributed by atoms with E-state index in [2.05, 4.69) is 17.0 Å². The smallest absolute Gasteiger partial charge is 0.326 e. The molecule has 2 aliphatic rings. The number of nitrogens with zero attached hydrogens (tertiary/aromatic N) is 2. The van der Waals surface area contributed by atoms with Crippen LogP contribution in [0.2, 0.25) is 0 Å². The maximum absolute atomic E-state index is 13.9. The summed E-state index contributed by atoms with van der Waals surface area (Å²) in [6, 6.07) is 26.7. The van der Waals surface area contributed by atoms with Gasteiger partial charge in [-0.25, -0.2) is 4.79 Å². The van der Waals surface area contributed by atoms with Crippen LogP contribution in [0.3, 0.4) is 0 Å². The van der Waals surface area contributed by atoms with Gasteiger partial charge in [0.2, 0.25) is 5.91 Å². The van der Waals surface area contributed by atoms with Crippen molar-refractivity contribution in [3.8, 4) is 0 Å². The van der Waals surface area contributed by atoms with Gasteiger partial charge in [-0.1, -0.05) is 78.9 Å². The number of hydrogen-bond acceptors (Lipinski definition) is 3. The van der Waals surface area contributed by atoms with Crippen molar-refractivity contribution in [1.82, 2.24) is 4.90 Å². The van der Waals surface area contributed by atoms with E-state index in [9.17, 15) is 14.7 Å². The van der Waals surface area contributed by atoms with Gasteiger partial charge in [-0.2, -0.15) is 0 Å². The summed E-state index contributed by atoms with van der Waals surface area (Å²) in [6.45, 7) is 1.28. The number of carbonyl (C=O) groups excluding carboxylic acids is 1. The molecule has 5 nitrogen and oxygen atoms in total. The largest absolute Gasteiger partial charge is 0.480 e. The lowest BCUT2D eigenvalue weighted by Crippen LogP contribution is -2.44. The van der Waals surface area contributed by atoms with Crippen LogP contribution in [0.25, 0.3) is 0 Å². The van der Waals surface area contributed by atoms with Crippen molar-refractivity contribution >= 4 is 17.6 Å². The summed E-state index contributed by atoms with van der Waals surface area (Å²) in [5, 5.41) is 10.00. The topological polar surface area (TPSA) is 60.9 Å².